The van der Waals surface area contributed by atoms with Crippen LogP contribution >= 0.6 is 0 Å². The van der Waals surface area contributed by atoms with Crippen molar-refractivity contribution in [1.82, 2.24) is 0 Å². The molecule has 0 spiro atoms. The molecule has 3 unspecified atom stereocenters. The first-order chi connectivity index (χ1) is 7.77. The second-order valence-electron chi connectivity index (χ2n) is 5.04. The molecule has 2 rings (SSSR count). The van der Waals surface area contributed by atoms with E-state index in [4.69, 9.17) is 10.5 Å². The van der Waals surface area contributed by atoms with Crippen LogP contribution in [0.1, 0.15) is 38.5 Å². The molecule has 0 radical (unpaired) electrons. The molecule has 2 fully saturated rings. The number of nitrogens with two attached hydrogens (primary N) is 1. The Morgan fingerprint density at radius 3 is 2.56 bits per heavy atom. The van der Waals surface area contributed by atoms with E-state index in [0.29, 0.717) is 17.2 Å². The lowest BCUT2D eigenvalue weighted by Gasteiger charge is -2.22. The van der Waals surface area contributed by atoms with Crippen LogP contribution in [-0.2, 0) is 15.5 Å². The van der Waals surface area contributed by atoms with Gasteiger partial charge in [0.1, 0.15) is 0 Å². The lowest BCUT2D eigenvalue weighted by Crippen LogP contribution is -2.29. The number of hydrogen-bond acceptors (Lipinski definition) is 3. The Balaban J connectivity index is 1.70. The summed E-state index contributed by atoms with van der Waals surface area (Å²) in [7, 11) is -0.653. The van der Waals surface area contributed by atoms with Crippen LogP contribution in [0.2, 0.25) is 0 Å². The Labute approximate surface area is 101 Å². The Morgan fingerprint density at radius 1 is 1.19 bits per heavy atom. The van der Waals surface area contributed by atoms with Crippen LogP contribution in [0.15, 0.2) is 0 Å². The molecule has 16 heavy (non-hydrogen) atoms. The van der Waals surface area contributed by atoms with Crippen molar-refractivity contribution in [2.75, 3.05) is 19.0 Å². The van der Waals surface area contributed by atoms with Crippen molar-refractivity contribution in [3.05, 3.63) is 0 Å². The molecule has 0 aromatic heterocycles. The second-order valence-corrected chi connectivity index (χ2v) is 6.88. The Kier molecular flexibility index (Phi) is 4.79. The summed E-state index contributed by atoms with van der Waals surface area (Å²) >= 11 is 0. The molecule has 4 heteroatoms. The van der Waals surface area contributed by atoms with Gasteiger partial charge >= 0.3 is 0 Å². The van der Waals surface area contributed by atoms with Crippen LogP contribution in [0.25, 0.3) is 0 Å². The van der Waals surface area contributed by atoms with Crippen LogP contribution in [-0.4, -0.2) is 34.5 Å². The zero-order valence-corrected chi connectivity index (χ0v) is 10.7. The fourth-order valence-corrected chi connectivity index (χ4v) is 4.38. The smallest absolute Gasteiger partial charge is 0.0477 e. The second kappa shape index (κ2) is 6.12. The zero-order chi connectivity index (χ0) is 11.4. The van der Waals surface area contributed by atoms with Gasteiger partial charge in [-0.3, -0.25) is 4.21 Å². The van der Waals surface area contributed by atoms with E-state index in [1.807, 2.05) is 0 Å². The van der Waals surface area contributed by atoms with Crippen molar-refractivity contribution < 1.29 is 8.95 Å². The minimum atomic E-state index is -0.653. The van der Waals surface area contributed by atoms with Crippen LogP contribution in [0.5, 0.6) is 0 Å². The maximum Gasteiger partial charge on any atom is 0.0477 e. The first-order valence-electron chi connectivity index (χ1n) is 6.48. The summed E-state index contributed by atoms with van der Waals surface area (Å²) in [4.78, 5) is 0. The third-order valence-corrected chi connectivity index (χ3v) is 5.80. The molecule has 0 amide bonds. The van der Waals surface area contributed by atoms with E-state index in [1.165, 1.54) is 12.8 Å². The lowest BCUT2D eigenvalue weighted by molar-refractivity contribution is 0.0992. The highest BCUT2D eigenvalue weighted by Crippen LogP contribution is 2.27. The zero-order valence-electron chi connectivity index (χ0n) is 9.90. The van der Waals surface area contributed by atoms with Gasteiger partial charge in [-0.05, 0) is 38.0 Å². The first kappa shape index (κ1) is 12.5. The third-order valence-electron chi connectivity index (χ3n) is 3.95. The maximum atomic E-state index is 12.1. The predicted molar refractivity (Wildman–Crippen MR) is 66.8 cm³/mol. The lowest BCUT2D eigenvalue weighted by atomic mass is 10.0. The standard InChI is InChI=1S/C12H23NO2S/c13-12-3-1-2-10(12)6-9-16(14)11-4-7-15-8-5-11/h10-12H,1-9,13H2. The minimum Gasteiger partial charge on any atom is -0.381 e. The number of hydrogen-bond donors (Lipinski definition) is 1. The molecule has 0 bridgehead atoms. The summed E-state index contributed by atoms with van der Waals surface area (Å²) in [6.45, 7) is 1.58. The molecule has 3 atom stereocenters. The molecule has 1 saturated carbocycles. The van der Waals surface area contributed by atoms with E-state index >= 15 is 0 Å². The van der Waals surface area contributed by atoms with Gasteiger partial charge in [-0.25, -0.2) is 0 Å². The summed E-state index contributed by atoms with van der Waals surface area (Å²) in [5, 5.41) is 0.381. The van der Waals surface area contributed by atoms with Gasteiger partial charge in [0, 0.05) is 41.1 Å². The van der Waals surface area contributed by atoms with Crippen molar-refractivity contribution >= 4 is 10.8 Å². The van der Waals surface area contributed by atoms with Gasteiger partial charge in [0.15, 0.2) is 0 Å². The predicted octanol–water partition coefficient (Wildman–Crippen LogP) is 1.43. The monoisotopic (exact) mass is 245 g/mol. The largest absolute Gasteiger partial charge is 0.381 e. The van der Waals surface area contributed by atoms with Crippen LogP contribution in [0.3, 0.4) is 0 Å². The van der Waals surface area contributed by atoms with Crippen molar-refractivity contribution in [1.29, 1.82) is 0 Å². The summed E-state index contributed by atoms with van der Waals surface area (Å²) in [5.74, 6) is 1.48. The van der Waals surface area contributed by atoms with Gasteiger partial charge < -0.3 is 10.5 Å². The van der Waals surface area contributed by atoms with Crippen molar-refractivity contribution in [3.8, 4) is 0 Å². The van der Waals surface area contributed by atoms with Gasteiger partial charge in [-0.1, -0.05) is 6.42 Å². The Hall–Kier alpha value is 0.0700. The molecule has 1 saturated heterocycles. The fourth-order valence-electron chi connectivity index (χ4n) is 2.80. The van der Waals surface area contributed by atoms with Crippen LogP contribution in [0.4, 0.5) is 0 Å². The van der Waals surface area contributed by atoms with Gasteiger partial charge in [-0.2, -0.15) is 0 Å². The van der Waals surface area contributed by atoms with E-state index in [9.17, 15) is 4.21 Å². The van der Waals surface area contributed by atoms with Crippen LogP contribution in [0, 0.1) is 5.92 Å². The van der Waals surface area contributed by atoms with Gasteiger partial charge in [0.05, 0.1) is 0 Å². The normalized spacial score (nSPS) is 34.1. The SMILES string of the molecule is NC1CCCC1CCS(=O)C1CCOCC1. The van der Waals surface area contributed by atoms with E-state index in [0.717, 1.165) is 44.6 Å². The molecule has 3 nitrogen and oxygen atoms in total. The molecular formula is C12H23NO2S. The van der Waals surface area contributed by atoms with E-state index in [-0.39, 0.29) is 0 Å². The first-order valence-corrected chi connectivity index (χ1v) is 7.86. The van der Waals surface area contributed by atoms with Gasteiger partial charge in [0.25, 0.3) is 0 Å². The van der Waals surface area contributed by atoms with Gasteiger partial charge in [0.2, 0.25) is 0 Å². The van der Waals surface area contributed by atoms with Crippen molar-refractivity contribution in [2.45, 2.75) is 49.8 Å². The molecule has 2 aliphatic rings. The average Bonchev–Trinajstić information content (AvgIpc) is 2.73. The molecule has 1 aliphatic heterocycles. The highest BCUT2D eigenvalue weighted by Gasteiger charge is 2.26. The number of rotatable bonds is 4. The summed E-state index contributed by atoms with van der Waals surface area (Å²) in [6.07, 6.45) is 6.67. The molecule has 0 aromatic rings. The summed E-state index contributed by atoms with van der Waals surface area (Å²) in [5.41, 5.74) is 6.02. The average molecular weight is 245 g/mol. The molecule has 1 heterocycles. The maximum absolute atomic E-state index is 12.1. The van der Waals surface area contributed by atoms with Crippen LogP contribution < -0.4 is 5.73 Å². The molecule has 0 aromatic carbocycles. The summed E-state index contributed by atoms with van der Waals surface area (Å²) in [6, 6.07) is 0.367. The topological polar surface area (TPSA) is 52.3 Å². The fraction of sp³-hybridized carbons (Fsp3) is 1.00. The number of ether oxygens (including phenoxy) is 1. The molecule has 94 valence electrons. The van der Waals surface area contributed by atoms with Crippen molar-refractivity contribution in [2.24, 2.45) is 11.7 Å². The molecule has 1 aliphatic carbocycles. The molecular weight excluding hydrogens is 222 g/mol. The van der Waals surface area contributed by atoms with E-state index in [2.05, 4.69) is 0 Å². The minimum absolute atomic E-state index is 0.367. The molecule has 2 N–H and O–H groups in total. The highest BCUT2D eigenvalue weighted by atomic mass is 32.2. The highest BCUT2D eigenvalue weighted by molar-refractivity contribution is 7.85. The van der Waals surface area contributed by atoms with E-state index < -0.39 is 10.8 Å². The Morgan fingerprint density at radius 2 is 1.94 bits per heavy atom. The van der Waals surface area contributed by atoms with Crippen molar-refractivity contribution in [3.63, 3.8) is 0 Å². The quantitative estimate of drug-likeness (QED) is 0.815. The third kappa shape index (κ3) is 3.28. The van der Waals surface area contributed by atoms with E-state index in [1.54, 1.807) is 0 Å². The Bertz CT molecular complexity index is 241. The van der Waals surface area contributed by atoms with Gasteiger partial charge in [-0.15, -0.1) is 0 Å². The summed E-state index contributed by atoms with van der Waals surface area (Å²) < 4.78 is 17.4.